The van der Waals surface area contributed by atoms with E-state index in [0.29, 0.717) is 0 Å². The maximum atomic E-state index is 13.2. The van der Waals surface area contributed by atoms with Gasteiger partial charge in [0.2, 0.25) is 5.91 Å². The van der Waals surface area contributed by atoms with Crippen LogP contribution in [0.25, 0.3) is 0 Å². The van der Waals surface area contributed by atoms with Crippen molar-refractivity contribution in [2.45, 2.75) is 12.5 Å². The van der Waals surface area contributed by atoms with E-state index in [-0.39, 0.29) is 11.3 Å². The highest BCUT2D eigenvalue weighted by atomic mass is 19.1. The monoisotopic (exact) mass is 284 g/mol. The van der Waals surface area contributed by atoms with Crippen LogP contribution in [0.2, 0.25) is 0 Å². The van der Waals surface area contributed by atoms with Crippen LogP contribution >= 0.6 is 0 Å². The molecule has 0 aliphatic rings. The van der Waals surface area contributed by atoms with Crippen LogP contribution in [0, 0.1) is 5.82 Å². The molecular formula is C12H13FN2O5. The molecule has 1 aromatic carbocycles. The number of methoxy groups -OCH3 is 1. The quantitative estimate of drug-likeness (QED) is 0.673. The third-order valence-electron chi connectivity index (χ3n) is 2.42. The van der Waals surface area contributed by atoms with Gasteiger partial charge in [0, 0.05) is 5.56 Å². The van der Waals surface area contributed by atoms with Crippen LogP contribution in [0.3, 0.4) is 0 Å². The molecule has 0 spiro atoms. The number of carbonyl (C=O) groups excluding carboxylic acids is 2. The molecule has 0 aliphatic heterocycles. The number of hydrogen-bond donors (Lipinski definition) is 3. The largest absolute Gasteiger partial charge is 0.494 e. The van der Waals surface area contributed by atoms with Gasteiger partial charge in [-0.05, 0) is 18.2 Å². The van der Waals surface area contributed by atoms with Crippen LogP contribution in [-0.4, -0.2) is 36.0 Å². The Bertz CT molecular complexity index is 547. The highest BCUT2D eigenvalue weighted by molar-refractivity contribution is 5.97. The van der Waals surface area contributed by atoms with Crippen molar-refractivity contribution in [1.82, 2.24) is 5.32 Å². The fraction of sp³-hybridized carbons (Fsp3) is 0.250. The molecule has 7 nitrogen and oxygen atoms in total. The average molecular weight is 284 g/mol. The summed E-state index contributed by atoms with van der Waals surface area (Å²) in [5.41, 5.74) is 4.89. The van der Waals surface area contributed by atoms with E-state index in [1.54, 1.807) is 0 Å². The van der Waals surface area contributed by atoms with E-state index >= 15 is 0 Å². The van der Waals surface area contributed by atoms with Gasteiger partial charge >= 0.3 is 5.97 Å². The second kappa shape index (κ2) is 6.50. The second-order valence-corrected chi connectivity index (χ2v) is 3.88. The summed E-state index contributed by atoms with van der Waals surface area (Å²) in [5, 5.41) is 11.0. The van der Waals surface area contributed by atoms with Crippen molar-refractivity contribution in [3.05, 3.63) is 29.6 Å². The molecule has 8 heteroatoms. The summed E-state index contributed by atoms with van der Waals surface area (Å²) in [7, 11) is 1.23. The number of rotatable bonds is 6. The van der Waals surface area contributed by atoms with Crippen LogP contribution in [0.15, 0.2) is 18.2 Å². The Balaban J connectivity index is 2.88. The number of ether oxygens (including phenoxy) is 1. The van der Waals surface area contributed by atoms with Crippen molar-refractivity contribution in [2.75, 3.05) is 7.11 Å². The van der Waals surface area contributed by atoms with Crippen molar-refractivity contribution in [1.29, 1.82) is 0 Å². The Hall–Kier alpha value is -2.64. The highest BCUT2D eigenvalue weighted by Gasteiger charge is 2.23. The van der Waals surface area contributed by atoms with Crippen molar-refractivity contribution in [3.8, 4) is 5.75 Å². The van der Waals surface area contributed by atoms with Crippen LogP contribution in [0.4, 0.5) is 4.39 Å². The van der Waals surface area contributed by atoms with E-state index in [1.807, 2.05) is 0 Å². The molecular weight excluding hydrogens is 271 g/mol. The molecule has 0 bridgehead atoms. The fourth-order valence-corrected chi connectivity index (χ4v) is 1.44. The zero-order valence-electron chi connectivity index (χ0n) is 10.6. The lowest BCUT2D eigenvalue weighted by Gasteiger charge is -2.13. The number of nitrogens with two attached hydrogens (primary N) is 1. The Morgan fingerprint density at radius 2 is 2.10 bits per heavy atom. The molecule has 0 radical (unpaired) electrons. The molecule has 1 atom stereocenters. The molecule has 0 saturated carbocycles. The first-order valence-corrected chi connectivity index (χ1v) is 5.50. The predicted octanol–water partition coefficient (Wildman–Crippen LogP) is -0.107. The van der Waals surface area contributed by atoms with Gasteiger partial charge in [-0.3, -0.25) is 9.59 Å². The number of aliphatic carboxylic acids is 1. The van der Waals surface area contributed by atoms with Gasteiger partial charge in [0.1, 0.15) is 6.04 Å². The fourth-order valence-electron chi connectivity index (χ4n) is 1.44. The second-order valence-electron chi connectivity index (χ2n) is 3.88. The van der Waals surface area contributed by atoms with Crippen molar-refractivity contribution in [3.63, 3.8) is 0 Å². The summed E-state index contributed by atoms with van der Waals surface area (Å²) in [6, 6.07) is 1.85. The molecule has 20 heavy (non-hydrogen) atoms. The molecule has 4 N–H and O–H groups in total. The summed E-state index contributed by atoms with van der Waals surface area (Å²) in [4.78, 5) is 33.4. The van der Waals surface area contributed by atoms with Gasteiger partial charge in [0.25, 0.3) is 5.91 Å². The maximum absolute atomic E-state index is 13.2. The van der Waals surface area contributed by atoms with E-state index < -0.39 is 36.1 Å². The smallest absolute Gasteiger partial charge is 0.326 e. The molecule has 1 aromatic rings. The molecule has 108 valence electrons. The number of carboxylic acid groups (broad SMARTS) is 1. The number of nitrogens with one attached hydrogen (secondary N) is 1. The number of carbonyl (C=O) groups is 3. The Morgan fingerprint density at radius 1 is 1.45 bits per heavy atom. The summed E-state index contributed by atoms with van der Waals surface area (Å²) in [6.07, 6.45) is -0.542. The average Bonchev–Trinajstić information content (AvgIpc) is 2.37. The Labute approximate surface area is 113 Å². The van der Waals surface area contributed by atoms with Crippen molar-refractivity contribution < 1.29 is 28.6 Å². The lowest BCUT2D eigenvalue weighted by atomic mass is 10.1. The maximum Gasteiger partial charge on any atom is 0.326 e. The van der Waals surface area contributed by atoms with Gasteiger partial charge in [0.15, 0.2) is 11.6 Å². The van der Waals surface area contributed by atoms with E-state index in [2.05, 4.69) is 5.32 Å². The van der Waals surface area contributed by atoms with E-state index in [4.69, 9.17) is 15.6 Å². The minimum Gasteiger partial charge on any atom is -0.494 e. The number of benzene rings is 1. The summed E-state index contributed by atoms with van der Waals surface area (Å²) in [5.74, 6) is -3.85. The zero-order valence-corrected chi connectivity index (χ0v) is 10.6. The van der Waals surface area contributed by atoms with Crippen LogP contribution in [-0.2, 0) is 9.59 Å². The molecule has 0 aliphatic carbocycles. The Morgan fingerprint density at radius 3 is 2.60 bits per heavy atom. The number of primary amides is 1. The van der Waals surface area contributed by atoms with Gasteiger partial charge in [-0.25, -0.2) is 9.18 Å². The molecule has 0 aromatic heterocycles. The lowest BCUT2D eigenvalue weighted by molar-refractivity contribution is -0.140. The van der Waals surface area contributed by atoms with E-state index in [0.717, 1.165) is 18.2 Å². The highest BCUT2D eigenvalue weighted by Crippen LogP contribution is 2.18. The summed E-state index contributed by atoms with van der Waals surface area (Å²) in [6.45, 7) is 0. The van der Waals surface area contributed by atoms with Crippen LogP contribution in [0.1, 0.15) is 16.8 Å². The lowest BCUT2D eigenvalue weighted by Crippen LogP contribution is -2.43. The minimum atomic E-state index is -1.45. The van der Waals surface area contributed by atoms with Gasteiger partial charge in [-0.15, -0.1) is 0 Å². The third-order valence-corrected chi connectivity index (χ3v) is 2.42. The van der Waals surface area contributed by atoms with Gasteiger partial charge in [0.05, 0.1) is 13.5 Å². The minimum absolute atomic E-state index is 0.000953. The summed E-state index contributed by atoms with van der Waals surface area (Å²) < 4.78 is 17.9. The number of amides is 2. The van der Waals surface area contributed by atoms with Gasteiger partial charge in [-0.2, -0.15) is 0 Å². The molecule has 0 fully saturated rings. The molecule has 0 unspecified atom stereocenters. The first-order chi connectivity index (χ1) is 9.35. The van der Waals surface area contributed by atoms with Crippen molar-refractivity contribution >= 4 is 17.8 Å². The van der Waals surface area contributed by atoms with E-state index in [9.17, 15) is 18.8 Å². The molecule has 0 saturated heterocycles. The van der Waals surface area contributed by atoms with Crippen LogP contribution in [0.5, 0.6) is 5.75 Å². The third kappa shape index (κ3) is 3.94. The predicted molar refractivity (Wildman–Crippen MR) is 65.7 cm³/mol. The number of carboxylic acids is 1. The first-order valence-electron chi connectivity index (χ1n) is 5.50. The van der Waals surface area contributed by atoms with Gasteiger partial charge < -0.3 is 20.9 Å². The van der Waals surface area contributed by atoms with Crippen molar-refractivity contribution in [2.24, 2.45) is 5.73 Å². The van der Waals surface area contributed by atoms with E-state index in [1.165, 1.54) is 7.11 Å². The summed E-state index contributed by atoms with van der Waals surface area (Å²) >= 11 is 0. The standard InChI is InChI=1S/C12H13FN2O5/c1-20-9-4-6(2-3-7(9)13)11(17)15-8(12(18)19)5-10(14)16/h2-4,8H,5H2,1H3,(H2,14,16)(H,15,17)(H,18,19)/t8-/m1/s1. The van der Waals surface area contributed by atoms with Gasteiger partial charge in [-0.1, -0.05) is 0 Å². The Kier molecular flexibility index (Phi) is 5.01. The SMILES string of the molecule is COc1cc(C(=O)N[C@H](CC(N)=O)C(=O)O)ccc1F. The normalized spacial score (nSPS) is 11.5. The molecule has 0 heterocycles. The number of hydrogen-bond acceptors (Lipinski definition) is 4. The zero-order chi connectivity index (χ0) is 15.3. The topological polar surface area (TPSA) is 119 Å². The van der Waals surface area contributed by atoms with Crippen LogP contribution < -0.4 is 15.8 Å². The molecule has 2 amide bonds. The molecule has 1 rings (SSSR count). The number of halogens is 1. The first kappa shape index (κ1) is 15.4.